The van der Waals surface area contributed by atoms with Crippen LogP contribution in [0.25, 0.3) is 0 Å². The van der Waals surface area contributed by atoms with Crippen LogP contribution < -0.4 is 9.47 Å². The van der Waals surface area contributed by atoms with Crippen molar-refractivity contribution in [2.75, 3.05) is 14.2 Å². The van der Waals surface area contributed by atoms with Crippen LogP contribution in [0.15, 0.2) is 6.07 Å². The third kappa shape index (κ3) is 1.76. The Kier molecular flexibility index (Phi) is 2.91. The molecule has 1 heterocycles. The van der Waals surface area contributed by atoms with E-state index in [-0.39, 0.29) is 11.4 Å². The number of aromatic nitrogens is 1. The average Bonchev–Trinajstić information content (AvgIpc) is 2.16. The fourth-order valence-electron chi connectivity index (χ4n) is 1.09. The van der Waals surface area contributed by atoms with E-state index in [0.29, 0.717) is 5.88 Å². The number of aryl methyl sites for hydroxylation is 1. The molecule has 0 fully saturated rings. The van der Waals surface area contributed by atoms with E-state index in [0.717, 1.165) is 5.56 Å². The van der Waals surface area contributed by atoms with Gasteiger partial charge in [0.15, 0.2) is 11.4 Å². The van der Waals surface area contributed by atoms with Gasteiger partial charge >= 0.3 is 5.97 Å². The monoisotopic (exact) mass is 197 g/mol. The maximum atomic E-state index is 10.8. The van der Waals surface area contributed by atoms with E-state index in [1.165, 1.54) is 14.2 Å². The molecule has 1 N–H and O–H groups in total. The molecule has 0 bridgehead atoms. The number of carboxylic acid groups (broad SMARTS) is 1. The number of nitrogens with zero attached hydrogens (tertiary/aromatic N) is 1. The molecule has 0 amide bonds. The molecule has 1 aromatic rings. The molecule has 76 valence electrons. The van der Waals surface area contributed by atoms with Gasteiger partial charge in [0.05, 0.1) is 14.2 Å². The fourth-order valence-corrected chi connectivity index (χ4v) is 1.09. The molecular formula is C9H11NO4. The molecule has 0 saturated heterocycles. The summed E-state index contributed by atoms with van der Waals surface area (Å²) >= 11 is 0. The van der Waals surface area contributed by atoms with Crippen LogP contribution in [0.4, 0.5) is 0 Å². The smallest absolute Gasteiger partial charge is 0.358 e. The van der Waals surface area contributed by atoms with E-state index in [9.17, 15) is 4.79 Å². The predicted octanol–water partition coefficient (Wildman–Crippen LogP) is 1.11. The average molecular weight is 197 g/mol. The van der Waals surface area contributed by atoms with Crippen LogP contribution in [0.2, 0.25) is 0 Å². The lowest BCUT2D eigenvalue weighted by Gasteiger charge is -2.08. The Morgan fingerprint density at radius 3 is 2.50 bits per heavy atom. The molecule has 0 spiro atoms. The molecule has 5 heteroatoms. The third-order valence-electron chi connectivity index (χ3n) is 1.75. The molecule has 0 aromatic carbocycles. The number of carboxylic acids is 1. The van der Waals surface area contributed by atoms with Crippen LogP contribution in [-0.4, -0.2) is 30.3 Å². The summed E-state index contributed by atoms with van der Waals surface area (Å²) in [5.74, 6) is -0.612. The van der Waals surface area contributed by atoms with Gasteiger partial charge in [0.2, 0.25) is 5.88 Å². The second-order valence-corrected chi connectivity index (χ2v) is 2.67. The highest BCUT2D eigenvalue weighted by Gasteiger charge is 2.16. The number of ether oxygens (including phenoxy) is 2. The van der Waals surface area contributed by atoms with Crippen molar-refractivity contribution in [1.29, 1.82) is 0 Å². The summed E-state index contributed by atoms with van der Waals surface area (Å²) in [4.78, 5) is 14.6. The fraction of sp³-hybridized carbons (Fsp3) is 0.333. The molecule has 0 aliphatic rings. The van der Waals surface area contributed by atoms with Gasteiger partial charge in [-0.25, -0.2) is 9.78 Å². The quantitative estimate of drug-likeness (QED) is 0.785. The molecule has 0 aliphatic heterocycles. The summed E-state index contributed by atoms with van der Waals surface area (Å²) in [5, 5.41) is 8.81. The molecule has 1 aromatic heterocycles. The second kappa shape index (κ2) is 3.95. The maximum Gasteiger partial charge on any atom is 0.358 e. The van der Waals surface area contributed by atoms with E-state index in [2.05, 4.69) is 4.98 Å². The van der Waals surface area contributed by atoms with Crippen molar-refractivity contribution in [1.82, 2.24) is 4.98 Å². The number of hydrogen-bond acceptors (Lipinski definition) is 4. The van der Waals surface area contributed by atoms with Crippen LogP contribution in [0.3, 0.4) is 0 Å². The van der Waals surface area contributed by atoms with Gasteiger partial charge in [0, 0.05) is 5.56 Å². The minimum Gasteiger partial charge on any atom is -0.494 e. The zero-order valence-electron chi connectivity index (χ0n) is 8.20. The first kappa shape index (κ1) is 10.3. The molecule has 5 nitrogen and oxygen atoms in total. The molecule has 1 rings (SSSR count). The number of carbonyl (C=O) groups is 1. The lowest BCUT2D eigenvalue weighted by molar-refractivity contribution is 0.0685. The van der Waals surface area contributed by atoms with E-state index in [1.54, 1.807) is 13.0 Å². The number of rotatable bonds is 3. The van der Waals surface area contributed by atoms with Crippen LogP contribution in [0, 0.1) is 6.92 Å². The predicted molar refractivity (Wildman–Crippen MR) is 49.0 cm³/mol. The van der Waals surface area contributed by atoms with Crippen molar-refractivity contribution >= 4 is 5.97 Å². The Morgan fingerprint density at radius 1 is 1.43 bits per heavy atom. The Bertz CT molecular complexity index is 362. The number of hydrogen-bond donors (Lipinski definition) is 1. The zero-order chi connectivity index (χ0) is 10.7. The van der Waals surface area contributed by atoms with Crippen molar-refractivity contribution in [3.8, 4) is 11.6 Å². The number of aromatic carboxylic acids is 1. The maximum absolute atomic E-state index is 10.8. The van der Waals surface area contributed by atoms with Gasteiger partial charge < -0.3 is 14.6 Å². The second-order valence-electron chi connectivity index (χ2n) is 2.67. The molecule has 0 aliphatic carbocycles. The zero-order valence-corrected chi connectivity index (χ0v) is 8.20. The Morgan fingerprint density at radius 2 is 2.07 bits per heavy atom. The molecule has 0 unspecified atom stereocenters. The van der Waals surface area contributed by atoms with E-state index < -0.39 is 5.97 Å². The normalized spacial score (nSPS) is 9.64. The van der Waals surface area contributed by atoms with Gasteiger partial charge in [-0.3, -0.25) is 0 Å². The lowest BCUT2D eigenvalue weighted by atomic mass is 10.2. The van der Waals surface area contributed by atoms with Gasteiger partial charge in [0.25, 0.3) is 0 Å². The van der Waals surface area contributed by atoms with E-state index >= 15 is 0 Å². The first-order valence-electron chi connectivity index (χ1n) is 3.93. The third-order valence-corrected chi connectivity index (χ3v) is 1.75. The summed E-state index contributed by atoms with van der Waals surface area (Å²) in [6.45, 7) is 1.76. The Hall–Kier alpha value is -1.78. The standard InChI is InChI=1S/C9H11NO4/c1-5-4-6(13-2)7(9(11)12)10-8(5)14-3/h4H,1-3H3,(H,11,12). The van der Waals surface area contributed by atoms with Gasteiger partial charge in [-0.2, -0.15) is 0 Å². The van der Waals surface area contributed by atoms with Gasteiger partial charge in [-0.1, -0.05) is 0 Å². The number of pyridine rings is 1. The molecule has 0 atom stereocenters. The van der Waals surface area contributed by atoms with Gasteiger partial charge in [-0.05, 0) is 13.0 Å². The summed E-state index contributed by atoms with van der Waals surface area (Å²) in [6, 6.07) is 1.58. The van der Waals surface area contributed by atoms with Crippen LogP contribution in [-0.2, 0) is 0 Å². The van der Waals surface area contributed by atoms with Crippen molar-refractivity contribution in [3.63, 3.8) is 0 Å². The Balaban J connectivity index is 3.32. The summed E-state index contributed by atoms with van der Waals surface area (Å²) in [5.41, 5.74) is 0.587. The SMILES string of the molecule is COc1cc(C)c(OC)nc1C(=O)O. The molecule has 0 radical (unpaired) electrons. The topological polar surface area (TPSA) is 68.7 Å². The summed E-state index contributed by atoms with van der Waals surface area (Å²) in [6.07, 6.45) is 0. The van der Waals surface area contributed by atoms with Crippen LogP contribution in [0.1, 0.15) is 16.1 Å². The highest BCUT2D eigenvalue weighted by molar-refractivity contribution is 5.88. The summed E-state index contributed by atoms with van der Waals surface area (Å²) < 4.78 is 9.79. The number of methoxy groups -OCH3 is 2. The minimum absolute atomic E-state index is 0.144. The molecular weight excluding hydrogens is 186 g/mol. The van der Waals surface area contributed by atoms with Crippen molar-refractivity contribution in [2.45, 2.75) is 6.92 Å². The van der Waals surface area contributed by atoms with Gasteiger partial charge in [0.1, 0.15) is 0 Å². The van der Waals surface area contributed by atoms with Crippen LogP contribution >= 0.6 is 0 Å². The first-order valence-corrected chi connectivity index (χ1v) is 3.93. The largest absolute Gasteiger partial charge is 0.494 e. The Labute approximate surface area is 81.3 Å². The van der Waals surface area contributed by atoms with Gasteiger partial charge in [-0.15, -0.1) is 0 Å². The highest BCUT2D eigenvalue weighted by Crippen LogP contribution is 2.24. The first-order chi connectivity index (χ1) is 6.60. The van der Waals surface area contributed by atoms with Crippen molar-refractivity contribution < 1.29 is 19.4 Å². The summed E-state index contributed by atoms with van der Waals surface area (Å²) in [7, 11) is 2.84. The van der Waals surface area contributed by atoms with E-state index in [4.69, 9.17) is 14.6 Å². The highest BCUT2D eigenvalue weighted by atomic mass is 16.5. The van der Waals surface area contributed by atoms with Crippen LogP contribution in [0.5, 0.6) is 11.6 Å². The molecule has 0 saturated carbocycles. The minimum atomic E-state index is -1.14. The lowest BCUT2D eigenvalue weighted by Crippen LogP contribution is -2.06. The van der Waals surface area contributed by atoms with E-state index in [1.807, 2.05) is 0 Å². The molecule has 14 heavy (non-hydrogen) atoms. The van der Waals surface area contributed by atoms with Crippen molar-refractivity contribution in [2.24, 2.45) is 0 Å². The van der Waals surface area contributed by atoms with Crippen molar-refractivity contribution in [3.05, 3.63) is 17.3 Å².